The first-order valence-corrected chi connectivity index (χ1v) is 4.28. The molecule has 0 aliphatic carbocycles. The van der Waals surface area contributed by atoms with Crippen LogP contribution >= 0.6 is 0 Å². The van der Waals surface area contributed by atoms with Gasteiger partial charge in [-0.25, -0.2) is 0 Å². The van der Waals surface area contributed by atoms with Gasteiger partial charge in [-0.2, -0.15) is 13.2 Å². The van der Waals surface area contributed by atoms with Crippen LogP contribution in [0.4, 0.5) is 13.2 Å². The highest BCUT2D eigenvalue weighted by atomic mass is 19.4. The molecule has 0 aliphatic heterocycles. The van der Waals surface area contributed by atoms with Crippen LogP contribution in [0.15, 0.2) is 12.1 Å². The predicted molar refractivity (Wildman–Crippen MR) is 49.3 cm³/mol. The largest absolute Gasteiger partial charge is 0.496 e. The van der Waals surface area contributed by atoms with Crippen molar-refractivity contribution in [1.29, 1.82) is 0 Å². The van der Waals surface area contributed by atoms with Crippen molar-refractivity contribution in [3.8, 4) is 5.75 Å². The zero-order valence-corrected chi connectivity index (χ0v) is 8.34. The second-order valence-corrected chi connectivity index (χ2v) is 3.03. The molecule has 1 aromatic rings. The summed E-state index contributed by atoms with van der Waals surface area (Å²) in [6.07, 6.45) is -4.24. The lowest BCUT2D eigenvalue weighted by Gasteiger charge is -2.16. The Morgan fingerprint density at radius 3 is 2.44 bits per heavy atom. The second-order valence-electron chi connectivity index (χ2n) is 3.03. The molecule has 1 N–H and O–H groups in total. The Labute approximate surface area is 89.5 Å². The number of carbonyl (C=O) groups is 1. The van der Waals surface area contributed by atoms with Gasteiger partial charge in [-0.15, -0.1) is 0 Å². The highest BCUT2D eigenvalue weighted by Gasteiger charge is 2.37. The van der Waals surface area contributed by atoms with Crippen molar-refractivity contribution in [2.45, 2.75) is 12.8 Å². The Morgan fingerprint density at radius 1 is 1.44 bits per heavy atom. The minimum Gasteiger partial charge on any atom is -0.496 e. The van der Waals surface area contributed by atoms with Gasteiger partial charge in [0.2, 0.25) is 0 Å². The van der Waals surface area contributed by atoms with Crippen LogP contribution in [0.1, 0.15) is 21.5 Å². The van der Waals surface area contributed by atoms with Gasteiger partial charge in [0.05, 0.1) is 13.7 Å². The Hall–Kier alpha value is -1.56. The highest BCUT2D eigenvalue weighted by molar-refractivity contribution is 5.76. The fourth-order valence-electron chi connectivity index (χ4n) is 1.37. The molecule has 1 aromatic carbocycles. The summed E-state index contributed by atoms with van der Waals surface area (Å²) in [4.78, 5) is 10.5. The Bertz CT molecular complexity index is 374. The first-order chi connectivity index (χ1) is 7.43. The third-order valence-corrected chi connectivity index (χ3v) is 2.02. The molecule has 6 heteroatoms. The van der Waals surface area contributed by atoms with Crippen LogP contribution < -0.4 is 4.74 Å². The van der Waals surface area contributed by atoms with Crippen LogP contribution in [0.3, 0.4) is 0 Å². The molecule has 0 unspecified atom stereocenters. The molecule has 0 saturated carbocycles. The molecule has 3 nitrogen and oxygen atoms in total. The molecule has 0 bridgehead atoms. The Morgan fingerprint density at radius 2 is 2.06 bits per heavy atom. The van der Waals surface area contributed by atoms with Crippen molar-refractivity contribution < 1.29 is 27.8 Å². The van der Waals surface area contributed by atoms with Gasteiger partial charge in [0.15, 0.2) is 0 Å². The summed E-state index contributed by atoms with van der Waals surface area (Å²) < 4.78 is 42.5. The Balaban J connectivity index is 3.49. The first kappa shape index (κ1) is 12.5. The molecule has 16 heavy (non-hydrogen) atoms. The van der Waals surface area contributed by atoms with E-state index in [2.05, 4.69) is 4.74 Å². The number of benzene rings is 1. The maximum Gasteiger partial charge on any atom is 0.420 e. The minimum absolute atomic E-state index is 0.0221. The average molecular weight is 234 g/mol. The molecule has 0 heterocycles. The number of alkyl halides is 3. The number of halogens is 3. The van der Waals surface area contributed by atoms with Gasteiger partial charge in [-0.3, -0.25) is 4.79 Å². The molecular weight excluding hydrogens is 225 g/mol. The van der Waals surface area contributed by atoms with Crippen molar-refractivity contribution >= 4 is 6.29 Å². The van der Waals surface area contributed by atoms with Crippen LogP contribution in [0.2, 0.25) is 0 Å². The topological polar surface area (TPSA) is 46.5 Å². The van der Waals surface area contributed by atoms with Gasteiger partial charge >= 0.3 is 6.18 Å². The lowest BCUT2D eigenvalue weighted by Crippen LogP contribution is -2.12. The van der Waals surface area contributed by atoms with E-state index in [9.17, 15) is 18.0 Å². The van der Waals surface area contributed by atoms with Crippen LogP contribution in [0.5, 0.6) is 5.75 Å². The molecule has 0 spiro atoms. The summed E-state index contributed by atoms with van der Waals surface area (Å²) >= 11 is 0. The molecule has 0 fully saturated rings. The fraction of sp³-hybridized carbons (Fsp3) is 0.300. The maximum absolute atomic E-state index is 12.6. The number of aliphatic hydroxyl groups excluding tert-OH is 1. The summed E-state index contributed by atoms with van der Waals surface area (Å²) in [6, 6.07) is 1.97. The van der Waals surface area contributed by atoms with E-state index in [0.717, 1.165) is 19.2 Å². The van der Waals surface area contributed by atoms with Gasteiger partial charge in [-0.05, 0) is 17.7 Å². The zero-order chi connectivity index (χ0) is 12.3. The van der Waals surface area contributed by atoms with Gasteiger partial charge < -0.3 is 9.84 Å². The van der Waals surface area contributed by atoms with Crippen molar-refractivity contribution in [1.82, 2.24) is 0 Å². The van der Waals surface area contributed by atoms with Gasteiger partial charge in [0, 0.05) is 5.56 Å². The van der Waals surface area contributed by atoms with Gasteiger partial charge in [0.1, 0.15) is 17.6 Å². The predicted octanol–water partition coefficient (Wildman–Crippen LogP) is 2.02. The lowest BCUT2D eigenvalue weighted by atomic mass is 10.0. The molecule has 88 valence electrons. The first-order valence-electron chi connectivity index (χ1n) is 4.28. The number of hydrogen-bond donors (Lipinski definition) is 1. The molecule has 0 atom stereocenters. The van der Waals surface area contributed by atoms with E-state index in [0.29, 0.717) is 6.29 Å². The van der Waals surface area contributed by atoms with E-state index in [1.807, 2.05) is 0 Å². The van der Waals surface area contributed by atoms with E-state index < -0.39 is 24.1 Å². The maximum atomic E-state index is 12.6. The smallest absolute Gasteiger partial charge is 0.420 e. The quantitative estimate of drug-likeness (QED) is 0.814. The third kappa shape index (κ3) is 2.33. The number of rotatable bonds is 3. The number of hydrogen-bond acceptors (Lipinski definition) is 3. The fourth-order valence-corrected chi connectivity index (χ4v) is 1.37. The van der Waals surface area contributed by atoms with Crippen molar-refractivity contribution in [3.05, 3.63) is 28.8 Å². The molecular formula is C10H9F3O3. The average Bonchev–Trinajstić information content (AvgIpc) is 2.25. The van der Waals surface area contributed by atoms with Gasteiger partial charge in [-0.1, -0.05) is 0 Å². The monoisotopic (exact) mass is 234 g/mol. The summed E-state index contributed by atoms with van der Waals surface area (Å²) in [5.41, 5.74) is -1.41. The standard InChI is InChI=1S/C10H9F3O3/c1-16-8-3-6(4-14)2-7(5-15)9(8)10(11,12)13/h2-4,15H,5H2,1H3. The van der Waals surface area contributed by atoms with E-state index in [1.165, 1.54) is 0 Å². The van der Waals surface area contributed by atoms with Crippen molar-refractivity contribution in [2.75, 3.05) is 7.11 Å². The molecule has 0 aliphatic rings. The summed E-state index contributed by atoms with van der Waals surface area (Å²) in [5.74, 6) is -0.471. The van der Waals surface area contributed by atoms with Crippen molar-refractivity contribution in [3.63, 3.8) is 0 Å². The summed E-state index contributed by atoms with van der Waals surface area (Å²) in [7, 11) is 1.07. The van der Waals surface area contributed by atoms with E-state index in [1.54, 1.807) is 0 Å². The Kier molecular flexibility index (Phi) is 3.54. The van der Waals surface area contributed by atoms with E-state index >= 15 is 0 Å². The van der Waals surface area contributed by atoms with Gasteiger partial charge in [0.25, 0.3) is 0 Å². The van der Waals surface area contributed by atoms with Crippen molar-refractivity contribution in [2.24, 2.45) is 0 Å². The van der Waals surface area contributed by atoms with E-state index in [4.69, 9.17) is 5.11 Å². The molecule has 0 radical (unpaired) electrons. The number of aliphatic hydroxyl groups is 1. The second kappa shape index (κ2) is 4.52. The molecule has 1 rings (SSSR count). The van der Waals surface area contributed by atoms with E-state index in [-0.39, 0.29) is 11.1 Å². The van der Waals surface area contributed by atoms with Crippen LogP contribution in [0, 0.1) is 0 Å². The number of carbonyl (C=O) groups excluding carboxylic acids is 1. The molecule has 0 aromatic heterocycles. The minimum atomic E-state index is -4.63. The molecule has 0 amide bonds. The molecule has 0 saturated heterocycles. The number of methoxy groups -OCH3 is 1. The van der Waals surface area contributed by atoms with Crippen LogP contribution in [-0.4, -0.2) is 18.5 Å². The summed E-state index contributed by atoms with van der Waals surface area (Å²) in [6.45, 7) is -0.813. The van der Waals surface area contributed by atoms with Crippen LogP contribution in [-0.2, 0) is 12.8 Å². The number of ether oxygens (including phenoxy) is 1. The summed E-state index contributed by atoms with van der Waals surface area (Å²) in [5, 5.41) is 8.85. The SMILES string of the molecule is COc1cc(C=O)cc(CO)c1C(F)(F)F. The van der Waals surface area contributed by atoms with Crippen LogP contribution in [0.25, 0.3) is 0 Å². The zero-order valence-electron chi connectivity index (χ0n) is 8.34. The normalized spacial score (nSPS) is 11.3. The highest BCUT2D eigenvalue weighted by Crippen LogP contribution is 2.39. The lowest BCUT2D eigenvalue weighted by molar-refractivity contribution is -0.139. The third-order valence-electron chi connectivity index (χ3n) is 2.02. The number of aldehydes is 1.